The molecular formula is C23H19N3O4S. The fourth-order valence-corrected chi connectivity index (χ4v) is 3.54. The molecule has 0 saturated carbocycles. The molecule has 4 aromatic rings. The third-order valence-electron chi connectivity index (χ3n) is 4.49. The first kappa shape index (κ1) is 20.4. The molecule has 0 radical (unpaired) electrons. The van der Waals surface area contributed by atoms with Crippen molar-refractivity contribution in [3.63, 3.8) is 0 Å². The SMILES string of the molecule is COc1ccc(C)cc1-n1ccc(C(=O)Oc2ccc(NC(=O)c3ccsc3)cc2)n1. The summed E-state index contributed by atoms with van der Waals surface area (Å²) in [5.41, 5.74) is 3.14. The lowest BCUT2D eigenvalue weighted by atomic mass is 10.2. The summed E-state index contributed by atoms with van der Waals surface area (Å²) >= 11 is 1.46. The molecule has 0 fully saturated rings. The van der Waals surface area contributed by atoms with Crippen LogP contribution >= 0.6 is 11.3 Å². The summed E-state index contributed by atoms with van der Waals surface area (Å²) in [5.74, 6) is 0.221. The van der Waals surface area contributed by atoms with Crippen LogP contribution in [-0.2, 0) is 0 Å². The van der Waals surface area contributed by atoms with Gasteiger partial charge >= 0.3 is 5.97 Å². The van der Waals surface area contributed by atoms with E-state index in [1.807, 2.05) is 30.5 Å². The molecule has 31 heavy (non-hydrogen) atoms. The lowest BCUT2D eigenvalue weighted by molar-refractivity contribution is 0.0727. The van der Waals surface area contributed by atoms with E-state index in [1.54, 1.807) is 59.8 Å². The lowest BCUT2D eigenvalue weighted by Crippen LogP contribution is -2.12. The number of esters is 1. The number of nitrogens with zero attached hydrogens (tertiary/aromatic N) is 2. The zero-order chi connectivity index (χ0) is 21.8. The molecule has 0 aliphatic rings. The minimum Gasteiger partial charge on any atom is -0.494 e. The van der Waals surface area contributed by atoms with Gasteiger partial charge in [0, 0.05) is 17.3 Å². The third-order valence-corrected chi connectivity index (χ3v) is 5.17. The van der Waals surface area contributed by atoms with Crippen molar-refractivity contribution in [2.45, 2.75) is 6.92 Å². The van der Waals surface area contributed by atoms with Gasteiger partial charge in [-0.2, -0.15) is 16.4 Å². The maximum atomic E-state index is 12.5. The monoisotopic (exact) mass is 433 g/mol. The van der Waals surface area contributed by atoms with Gasteiger partial charge in [0.2, 0.25) is 0 Å². The van der Waals surface area contributed by atoms with Crippen molar-refractivity contribution < 1.29 is 19.1 Å². The first-order valence-electron chi connectivity index (χ1n) is 9.40. The van der Waals surface area contributed by atoms with E-state index in [0.717, 1.165) is 11.3 Å². The number of hydrogen-bond acceptors (Lipinski definition) is 6. The molecule has 0 spiro atoms. The molecule has 0 saturated heterocycles. The number of ether oxygens (including phenoxy) is 2. The zero-order valence-corrected chi connectivity index (χ0v) is 17.7. The topological polar surface area (TPSA) is 82.5 Å². The molecule has 0 unspecified atom stereocenters. The van der Waals surface area contributed by atoms with Gasteiger partial charge in [0.25, 0.3) is 5.91 Å². The Morgan fingerprint density at radius 2 is 1.87 bits per heavy atom. The first-order valence-corrected chi connectivity index (χ1v) is 10.3. The van der Waals surface area contributed by atoms with Crippen molar-refractivity contribution >= 4 is 28.9 Å². The van der Waals surface area contributed by atoms with Gasteiger partial charge in [0.05, 0.1) is 12.7 Å². The molecule has 8 heteroatoms. The second kappa shape index (κ2) is 8.85. The number of hydrogen-bond donors (Lipinski definition) is 1. The first-order chi connectivity index (χ1) is 15.0. The number of methoxy groups -OCH3 is 1. The number of benzene rings is 2. The molecule has 156 valence electrons. The number of thiophene rings is 1. The van der Waals surface area contributed by atoms with Crippen LogP contribution in [0.4, 0.5) is 5.69 Å². The maximum absolute atomic E-state index is 12.5. The summed E-state index contributed by atoms with van der Waals surface area (Å²) in [6.45, 7) is 1.97. The van der Waals surface area contributed by atoms with Crippen molar-refractivity contribution in [2.24, 2.45) is 0 Å². The van der Waals surface area contributed by atoms with Crippen LogP contribution < -0.4 is 14.8 Å². The molecule has 1 N–H and O–H groups in total. The van der Waals surface area contributed by atoms with Gasteiger partial charge in [-0.05, 0) is 66.4 Å². The number of amides is 1. The van der Waals surface area contributed by atoms with Crippen LogP contribution in [0.25, 0.3) is 5.69 Å². The van der Waals surface area contributed by atoms with Crippen LogP contribution in [0.15, 0.2) is 71.6 Å². The van der Waals surface area contributed by atoms with E-state index in [0.29, 0.717) is 22.7 Å². The average Bonchev–Trinajstić information content (AvgIpc) is 3.47. The summed E-state index contributed by atoms with van der Waals surface area (Å²) < 4.78 is 12.4. The fourth-order valence-electron chi connectivity index (χ4n) is 2.91. The highest BCUT2D eigenvalue weighted by Gasteiger charge is 2.15. The van der Waals surface area contributed by atoms with Crippen molar-refractivity contribution in [1.29, 1.82) is 0 Å². The van der Waals surface area contributed by atoms with Gasteiger partial charge in [0.15, 0.2) is 5.69 Å². The molecule has 2 heterocycles. The van der Waals surface area contributed by atoms with E-state index in [-0.39, 0.29) is 11.6 Å². The number of aromatic nitrogens is 2. The van der Waals surface area contributed by atoms with Crippen LogP contribution in [0.2, 0.25) is 0 Å². The second-order valence-corrected chi connectivity index (χ2v) is 7.48. The Kier molecular flexibility index (Phi) is 5.81. The van der Waals surface area contributed by atoms with Crippen LogP contribution in [0.1, 0.15) is 26.4 Å². The Balaban J connectivity index is 1.43. The molecule has 0 bridgehead atoms. The number of carbonyl (C=O) groups excluding carboxylic acids is 2. The van der Waals surface area contributed by atoms with Crippen molar-refractivity contribution in [3.8, 4) is 17.2 Å². The molecule has 0 atom stereocenters. The van der Waals surface area contributed by atoms with Gasteiger partial charge in [-0.15, -0.1) is 0 Å². The molecule has 2 aromatic heterocycles. The maximum Gasteiger partial charge on any atom is 0.364 e. The largest absolute Gasteiger partial charge is 0.494 e. The molecule has 7 nitrogen and oxygen atoms in total. The van der Waals surface area contributed by atoms with Gasteiger partial charge in [0.1, 0.15) is 17.2 Å². The molecular weight excluding hydrogens is 414 g/mol. The Morgan fingerprint density at radius 1 is 1.06 bits per heavy atom. The molecule has 0 aliphatic heterocycles. The van der Waals surface area contributed by atoms with Gasteiger partial charge in [-0.3, -0.25) is 4.79 Å². The third kappa shape index (κ3) is 4.65. The van der Waals surface area contributed by atoms with E-state index in [2.05, 4.69) is 10.4 Å². The molecule has 0 aliphatic carbocycles. The second-order valence-electron chi connectivity index (χ2n) is 6.70. The highest BCUT2D eigenvalue weighted by molar-refractivity contribution is 7.08. The van der Waals surface area contributed by atoms with Crippen LogP contribution in [0, 0.1) is 6.92 Å². The minimum absolute atomic E-state index is 0.165. The Hall–Kier alpha value is -3.91. The Bertz CT molecular complexity index is 1210. The quantitative estimate of drug-likeness (QED) is 0.351. The van der Waals surface area contributed by atoms with Gasteiger partial charge < -0.3 is 14.8 Å². The number of anilines is 1. The molecule has 1 amide bonds. The van der Waals surface area contributed by atoms with E-state index in [9.17, 15) is 9.59 Å². The van der Waals surface area contributed by atoms with E-state index < -0.39 is 5.97 Å². The number of rotatable bonds is 6. The van der Waals surface area contributed by atoms with Crippen LogP contribution in [0.3, 0.4) is 0 Å². The summed E-state index contributed by atoms with van der Waals surface area (Å²) in [6.07, 6.45) is 1.68. The van der Waals surface area contributed by atoms with Crippen molar-refractivity contribution in [1.82, 2.24) is 9.78 Å². The number of nitrogens with one attached hydrogen (secondary N) is 1. The highest BCUT2D eigenvalue weighted by atomic mass is 32.1. The predicted octanol–water partition coefficient (Wildman–Crippen LogP) is 4.72. The van der Waals surface area contributed by atoms with Crippen LogP contribution in [-0.4, -0.2) is 28.8 Å². The van der Waals surface area contributed by atoms with E-state index in [4.69, 9.17) is 9.47 Å². The standard InChI is InChI=1S/C23H19N3O4S/c1-15-3-8-21(29-2)20(13-15)26-11-9-19(25-26)23(28)30-18-6-4-17(5-7-18)24-22(27)16-10-12-31-14-16/h3-14H,1-2H3,(H,24,27). The zero-order valence-electron chi connectivity index (χ0n) is 16.9. The van der Waals surface area contributed by atoms with E-state index >= 15 is 0 Å². The fraction of sp³-hybridized carbons (Fsp3) is 0.0870. The van der Waals surface area contributed by atoms with Crippen molar-refractivity contribution in [2.75, 3.05) is 12.4 Å². The summed E-state index contributed by atoms with van der Waals surface area (Å²) in [5, 5.41) is 10.7. The normalized spacial score (nSPS) is 10.5. The summed E-state index contributed by atoms with van der Waals surface area (Å²) in [6, 6.07) is 15.6. The predicted molar refractivity (Wildman–Crippen MR) is 119 cm³/mol. The Labute approximate surface area is 182 Å². The molecule has 4 rings (SSSR count). The Morgan fingerprint density at radius 3 is 2.58 bits per heavy atom. The van der Waals surface area contributed by atoms with Crippen molar-refractivity contribution in [3.05, 3.63) is 88.4 Å². The van der Waals surface area contributed by atoms with E-state index in [1.165, 1.54) is 11.3 Å². The highest BCUT2D eigenvalue weighted by Crippen LogP contribution is 2.24. The number of carbonyl (C=O) groups is 2. The average molecular weight is 433 g/mol. The molecule has 2 aromatic carbocycles. The van der Waals surface area contributed by atoms with Gasteiger partial charge in [-0.1, -0.05) is 6.07 Å². The van der Waals surface area contributed by atoms with Gasteiger partial charge in [-0.25, -0.2) is 9.48 Å². The smallest absolute Gasteiger partial charge is 0.364 e. The lowest BCUT2D eigenvalue weighted by Gasteiger charge is -2.09. The number of aryl methyl sites for hydroxylation is 1. The minimum atomic E-state index is -0.583. The summed E-state index contributed by atoms with van der Waals surface area (Å²) in [7, 11) is 1.58. The summed E-state index contributed by atoms with van der Waals surface area (Å²) in [4.78, 5) is 24.6. The van der Waals surface area contributed by atoms with Crippen LogP contribution in [0.5, 0.6) is 11.5 Å².